The molecule has 0 unspecified atom stereocenters. The first-order chi connectivity index (χ1) is 12.2. The van der Waals surface area contributed by atoms with Gasteiger partial charge < -0.3 is 5.32 Å². The number of nitrogens with one attached hydrogen (secondary N) is 2. The molecule has 1 aromatic heterocycles. The van der Waals surface area contributed by atoms with E-state index >= 15 is 0 Å². The van der Waals surface area contributed by atoms with Crippen LogP contribution in [0.1, 0.15) is 10.8 Å². The summed E-state index contributed by atoms with van der Waals surface area (Å²) in [5.41, 5.74) is 1.59. The van der Waals surface area contributed by atoms with Crippen LogP contribution in [0.4, 0.5) is 4.79 Å². The predicted octanol–water partition coefficient (Wildman–Crippen LogP) is 2.92. The van der Waals surface area contributed by atoms with E-state index in [0.717, 1.165) is 16.5 Å². The number of hydrogen-bond donors (Lipinski definition) is 2. The van der Waals surface area contributed by atoms with Gasteiger partial charge in [-0.25, -0.2) is 14.8 Å². The van der Waals surface area contributed by atoms with Crippen LogP contribution in [0.15, 0.2) is 66.0 Å². The third kappa shape index (κ3) is 3.95. The smallest absolute Gasteiger partial charge is 0.321 e. The topological polar surface area (TPSA) is 84.0 Å². The summed E-state index contributed by atoms with van der Waals surface area (Å²) in [7, 11) is 1.46. The molecule has 0 saturated heterocycles. The van der Waals surface area contributed by atoms with Crippen LogP contribution in [0.25, 0.3) is 10.9 Å². The number of nitrogens with zero attached hydrogens (tertiary/aromatic N) is 2. The van der Waals surface area contributed by atoms with Gasteiger partial charge in [-0.05, 0) is 11.6 Å². The Morgan fingerprint density at radius 1 is 1.00 bits per heavy atom. The summed E-state index contributed by atoms with van der Waals surface area (Å²) in [6.07, 6.45) is 1.48. The van der Waals surface area contributed by atoms with Crippen LogP contribution in [-0.2, 0) is 4.79 Å². The number of urea groups is 1. The number of amides is 3. The zero-order valence-electron chi connectivity index (χ0n) is 13.5. The van der Waals surface area contributed by atoms with Crippen LogP contribution in [0.2, 0.25) is 0 Å². The molecule has 6 nitrogen and oxygen atoms in total. The Bertz CT molecular complexity index is 896. The van der Waals surface area contributed by atoms with E-state index in [2.05, 4.69) is 20.6 Å². The van der Waals surface area contributed by atoms with Gasteiger partial charge in [-0.2, -0.15) is 0 Å². The monoisotopic (exact) mass is 352 g/mol. The summed E-state index contributed by atoms with van der Waals surface area (Å²) in [6, 6.07) is 16.4. The second-order valence-electron chi connectivity index (χ2n) is 5.17. The molecular weight excluding hydrogens is 336 g/mol. The molecule has 25 heavy (non-hydrogen) atoms. The molecule has 3 amide bonds. The van der Waals surface area contributed by atoms with E-state index < -0.39 is 17.2 Å². The average molecular weight is 352 g/mol. The zero-order valence-corrected chi connectivity index (χ0v) is 14.3. The van der Waals surface area contributed by atoms with Gasteiger partial charge >= 0.3 is 6.03 Å². The van der Waals surface area contributed by atoms with Gasteiger partial charge in [0.05, 0.1) is 5.52 Å². The number of aromatic nitrogens is 2. The minimum Gasteiger partial charge on any atom is -0.341 e. The number of rotatable bonds is 4. The summed E-state index contributed by atoms with van der Waals surface area (Å²) in [6.45, 7) is 0. The van der Waals surface area contributed by atoms with Gasteiger partial charge in [0.2, 0.25) is 5.91 Å². The predicted molar refractivity (Wildman–Crippen MR) is 97.2 cm³/mol. The largest absolute Gasteiger partial charge is 0.341 e. The van der Waals surface area contributed by atoms with E-state index in [0.29, 0.717) is 5.03 Å². The number of fused-ring (bicyclic) bond motifs is 1. The molecule has 0 fully saturated rings. The van der Waals surface area contributed by atoms with Crippen LogP contribution in [-0.4, -0.2) is 29.0 Å². The number of hydrogen-bond acceptors (Lipinski definition) is 5. The molecule has 0 bridgehead atoms. The number of thioether (sulfide) groups is 1. The van der Waals surface area contributed by atoms with Crippen LogP contribution in [0.3, 0.4) is 0 Å². The molecule has 1 atom stereocenters. The van der Waals surface area contributed by atoms with Crippen molar-refractivity contribution in [3.8, 4) is 0 Å². The van der Waals surface area contributed by atoms with Crippen molar-refractivity contribution in [2.24, 2.45) is 0 Å². The lowest BCUT2D eigenvalue weighted by molar-refractivity contribution is -0.119. The van der Waals surface area contributed by atoms with Gasteiger partial charge in [0.1, 0.15) is 16.6 Å². The van der Waals surface area contributed by atoms with E-state index in [-0.39, 0.29) is 0 Å². The fourth-order valence-corrected chi connectivity index (χ4v) is 3.42. The fourth-order valence-electron chi connectivity index (χ4n) is 2.33. The van der Waals surface area contributed by atoms with Gasteiger partial charge in [-0.3, -0.25) is 10.1 Å². The molecule has 0 radical (unpaired) electrons. The molecule has 3 rings (SSSR count). The Kier molecular flexibility index (Phi) is 5.25. The van der Waals surface area contributed by atoms with Crippen molar-refractivity contribution in [1.82, 2.24) is 20.6 Å². The van der Waals surface area contributed by atoms with Crippen molar-refractivity contribution >= 4 is 34.6 Å². The van der Waals surface area contributed by atoms with Gasteiger partial charge in [0.15, 0.2) is 0 Å². The number of benzene rings is 2. The van der Waals surface area contributed by atoms with Crippen LogP contribution >= 0.6 is 11.8 Å². The van der Waals surface area contributed by atoms with Gasteiger partial charge in [0.25, 0.3) is 0 Å². The van der Waals surface area contributed by atoms with E-state index in [1.54, 1.807) is 0 Å². The Morgan fingerprint density at radius 2 is 1.72 bits per heavy atom. The Morgan fingerprint density at radius 3 is 2.48 bits per heavy atom. The molecule has 0 aliphatic carbocycles. The number of carbonyl (C=O) groups excluding carboxylic acids is 2. The van der Waals surface area contributed by atoms with Crippen LogP contribution in [0.5, 0.6) is 0 Å². The Labute approximate surface area is 149 Å². The first kappa shape index (κ1) is 16.9. The molecule has 0 aliphatic heterocycles. The summed E-state index contributed by atoms with van der Waals surface area (Å²) in [5.74, 6) is -0.404. The molecule has 0 spiro atoms. The summed E-state index contributed by atoms with van der Waals surface area (Å²) in [4.78, 5) is 32.7. The standard InChI is InChI=1S/C18H16N4O2S/c1-19-18(24)22-16(23)15(12-7-3-2-4-8-12)25-17-13-9-5-6-10-14(13)20-11-21-17/h2-11,15H,1H3,(H2,19,22,23,24)/t15-/m0/s1. The fraction of sp³-hybridized carbons (Fsp3) is 0.111. The maximum absolute atomic E-state index is 12.6. The molecular formula is C18H16N4O2S. The van der Waals surface area contributed by atoms with Crippen LogP contribution in [0, 0.1) is 0 Å². The zero-order chi connectivity index (χ0) is 17.6. The Balaban J connectivity index is 1.97. The van der Waals surface area contributed by atoms with E-state index in [9.17, 15) is 9.59 Å². The van der Waals surface area contributed by atoms with Crippen molar-refractivity contribution in [2.45, 2.75) is 10.3 Å². The quantitative estimate of drug-likeness (QED) is 0.557. The van der Waals surface area contributed by atoms with Gasteiger partial charge in [-0.1, -0.05) is 60.3 Å². The van der Waals surface area contributed by atoms with Crippen molar-refractivity contribution in [1.29, 1.82) is 0 Å². The second kappa shape index (κ2) is 7.76. The van der Waals surface area contributed by atoms with E-state index in [4.69, 9.17) is 0 Å². The number of carbonyl (C=O) groups is 2. The third-order valence-electron chi connectivity index (χ3n) is 3.54. The lowest BCUT2D eigenvalue weighted by Crippen LogP contribution is -2.39. The SMILES string of the molecule is CNC(=O)NC(=O)[C@@H](Sc1ncnc2ccccc12)c1ccccc1. The number of para-hydroxylation sites is 1. The maximum Gasteiger partial charge on any atom is 0.321 e. The summed E-state index contributed by atoms with van der Waals surface area (Å²) >= 11 is 1.29. The maximum atomic E-state index is 12.6. The summed E-state index contributed by atoms with van der Waals surface area (Å²) < 4.78 is 0. The first-order valence-electron chi connectivity index (χ1n) is 7.63. The van der Waals surface area contributed by atoms with Gasteiger partial charge in [-0.15, -0.1) is 0 Å². The molecule has 2 aromatic carbocycles. The second-order valence-corrected chi connectivity index (χ2v) is 6.27. The molecule has 0 aliphatic rings. The molecule has 0 saturated carbocycles. The molecule has 1 heterocycles. The lowest BCUT2D eigenvalue weighted by Gasteiger charge is -2.16. The number of imide groups is 1. The molecule has 126 valence electrons. The van der Waals surface area contributed by atoms with Crippen molar-refractivity contribution in [3.05, 3.63) is 66.5 Å². The van der Waals surface area contributed by atoms with E-state index in [1.807, 2.05) is 54.6 Å². The minimum atomic E-state index is -0.614. The van der Waals surface area contributed by atoms with Crippen molar-refractivity contribution in [3.63, 3.8) is 0 Å². The first-order valence-corrected chi connectivity index (χ1v) is 8.51. The highest BCUT2D eigenvalue weighted by molar-refractivity contribution is 8.00. The van der Waals surface area contributed by atoms with Gasteiger partial charge in [0, 0.05) is 12.4 Å². The normalized spacial score (nSPS) is 11.7. The summed E-state index contributed by atoms with van der Waals surface area (Å²) in [5, 5.41) is 5.67. The molecule has 2 N–H and O–H groups in total. The Hall–Kier alpha value is -2.93. The third-order valence-corrected chi connectivity index (χ3v) is 4.81. The van der Waals surface area contributed by atoms with Crippen molar-refractivity contribution < 1.29 is 9.59 Å². The van der Waals surface area contributed by atoms with Crippen molar-refractivity contribution in [2.75, 3.05) is 7.05 Å². The lowest BCUT2D eigenvalue weighted by atomic mass is 10.1. The van der Waals surface area contributed by atoms with E-state index in [1.165, 1.54) is 25.1 Å². The molecule has 7 heteroatoms. The highest BCUT2D eigenvalue weighted by Crippen LogP contribution is 2.37. The average Bonchev–Trinajstić information content (AvgIpc) is 2.66. The van der Waals surface area contributed by atoms with Crippen LogP contribution < -0.4 is 10.6 Å². The highest BCUT2D eigenvalue weighted by atomic mass is 32.2. The highest BCUT2D eigenvalue weighted by Gasteiger charge is 2.25. The minimum absolute atomic E-state index is 0.404. The molecule has 3 aromatic rings.